The van der Waals surface area contributed by atoms with Gasteiger partial charge in [0.25, 0.3) is 27.8 Å². The number of alkyl halides is 10. The van der Waals surface area contributed by atoms with E-state index in [0.29, 0.717) is 53.3 Å². The van der Waals surface area contributed by atoms with Crippen LogP contribution in [0.2, 0.25) is 0 Å². The van der Waals surface area contributed by atoms with Crippen molar-refractivity contribution in [2.45, 2.75) is 235 Å². The highest BCUT2D eigenvalue weighted by atomic mass is 127. The van der Waals surface area contributed by atoms with Crippen LogP contribution in [0.5, 0.6) is 0 Å². The van der Waals surface area contributed by atoms with Crippen LogP contribution in [0.1, 0.15) is 122 Å². The first-order valence-corrected chi connectivity index (χ1v) is 46.3. The molecule has 20 atom stereocenters. The normalized spacial score (nSPS) is 25.5. The molecular weight excluding hydrogens is 2200 g/mol. The van der Waals surface area contributed by atoms with Gasteiger partial charge in [0.05, 0.1) is 70.8 Å². The van der Waals surface area contributed by atoms with Gasteiger partial charge in [-0.25, -0.2) is 33.6 Å². The number of aliphatic hydroxyl groups is 10. The minimum absolute atomic E-state index is 0. The molecule has 5 aromatic rings. The standard InChI is InChI=1S/C18H24F3N3O7.2C16H25N3O6.C15H23N3O6.C10H14N2O6.C5H11N.C4F6O3.CH3I.HI.H2/c1-9(2)4-5-23(16(28)18(19,20)21)6-10-7-24(17(29)22-14(10)27)15-13(30-3)12(26)11(8-25)31-15;1-19(5-3-4-6-19)8-10-7-18(16(23)17-14(10)22)15-13(24-2)12(21)11(9-20)25-15;1-9(2)4-5-17-6-10-7-19(16(23)18-14(10)22)15-13(24-3)12(21)11(8-20)25-15;1-23-12-11(20)10(8-19)24-14(12)18-7-9(13(21)16-15(18)22)6-17-4-2-3-5-17;1-17-8-7(15)5(4-13)18-9(8)12-3-2-6(14)11-10(12)16;1-5(2)3-4-6;5-3(6,7)1(11)13-2(12)4(8,9)10;1-2;;/h4,7,11-13,15,25-26H,5-6,8H2,1-3H3,(H,22,27,29);7,11-13,15,20-21H,3-6,8-9H2,1-2H3;4,7,11-13,15,17,20-21H,5-6,8H2,1-3H3,(H,18,22,23);7,10-12,14,19-20H,2-6,8H2,1H3,(H,16,21,22);2-3,5,7-9,13,15H,4H2,1H3,(H,11,14,16);3H,4,6H2,1-2H3;;1H3;2*1H/t3*11-,12+,13?,15-;10-,11+,12?,14-;5-,7+,8?,9-;;;;;/m11111...../s1/i;;;;;;;;;1+1. The number of H-pyrrole nitrogens is 5. The van der Waals surface area contributed by atoms with Crippen LogP contribution in [-0.4, -0.2) is 367 Å². The van der Waals surface area contributed by atoms with Crippen LogP contribution in [-0.2, 0) is 92.7 Å². The molecule has 7 aliphatic rings. The average molecular weight is 2330 g/mol. The van der Waals surface area contributed by atoms with E-state index in [2.05, 4.69) is 64.5 Å². The van der Waals surface area contributed by atoms with E-state index in [0.717, 1.165) is 83.3 Å². The Morgan fingerprint density at radius 1 is 0.476 bits per heavy atom. The van der Waals surface area contributed by atoms with E-state index in [1.54, 1.807) is 13.8 Å². The molecule has 7 fully saturated rings. The lowest BCUT2D eigenvalue weighted by atomic mass is 10.1. The van der Waals surface area contributed by atoms with Gasteiger partial charge in [0.2, 0.25) is 0 Å². The lowest BCUT2D eigenvalue weighted by Gasteiger charge is -2.29. The minimum atomic E-state index is -5.62. The van der Waals surface area contributed by atoms with Crippen molar-refractivity contribution in [3.05, 3.63) is 198 Å². The van der Waals surface area contributed by atoms with Gasteiger partial charge in [-0.3, -0.25) is 81.4 Å². The molecule has 0 saturated carbocycles. The summed E-state index contributed by atoms with van der Waals surface area (Å²) in [5.74, 6) is -8.55. The Labute approximate surface area is 851 Å². The third kappa shape index (κ3) is 35.9. The van der Waals surface area contributed by atoms with Crippen LogP contribution in [0, 0.1) is 0 Å². The maximum Gasteiger partial charge on any atom is 0.491 e. The zero-order chi connectivity index (χ0) is 109. The lowest BCUT2D eigenvalue weighted by Crippen LogP contribution is -3.00. The Bertz CT molecular complexity index is 5670. The SMILES string of the molecule is CC(C)=CCN.CI.COC1[C@@H](O)[C@@H](CO)O[C@H]1n1cc(CN(CC=C(C)C)C(=O)C(F)(F)F)c(=O)[nH]c1=O.COC1[C@@H](O)[C@@H](CO)O[C@H]1n1cc(CN2CCCC2)c(=O)[nH]c1=O.COC1[C@@H](O)[C@@H](CO)O[C@H]1n1cc(CNCC=C(C)C)c(=O)[nH]c1=O.COC1[C@@H](O)[C@@H](CO)O[C@H]1n1cc(C[N+]2(C)CCCC2)c(=O)[nH]c1=O.COC1[C@@H](O)[C@@H](CO)O[C@H]1n1ccc(=O)[nH]c1=O.O=C(OC(=O)C(F)(F)F)C(F)(F)F.[2HH].[I-]. The van der Waals surface area contributed by atoms with E-state index >= 15 is 0 Å². The van der Waals surface area contributed by atoms with Crippen molar-refractivity contribution < 1.29 is 187 Å². The summed E-state index contributed by atoms with van der Waals surface area (Å²) in [7, 11) is 8.86. The van der Waals surface area contributed by atoms with Gasteiger partial charge < -0.3 is 148 Å². The van der Waals surface area contributed by atoms with Gasteiger partial charge >= 0.3 is 64.8 Å². The number of amides is 1. The number of quaternary nitrogens is 1. The van der Waals surface area contributed by atoms with Gasteiger partial charge in [0.15, 0.2) is 31.1 Å². The molecule has 18 N–H and O–H groups in total. The molecule has 12 heterocycles. The molecule has 5 aromatic heterocycles. The lowest BCUT2D eigenvalue weighted by molar-refractivity contribution is -0.911. The maximum atomic E-state index is 13.0. The van der Waals surface area contributed by atoms with Crippen LogP contribution in [0.15, 0.2) is 120 Å². The van der Waals surface area contributed by atoms with Crippen molar-refractivity contribution in [3.8, 4) is 0 Å². The highest BCUT2D eigenvalue weighted by Gasteiger charge is 2.53. The molecule has 0 aliphatic carbocycles. The first kappa shape index (κ1) is 128. The number of aromatic nitrogens is 10. The van der Waals surface area contributed by atoms with Gasteiger partial charge in [-0.15, -0.1) is 0 Å². The predicted octanol–water partition coefficient (Wildman–Crippen LogP) is -6.35. The Morgan fingerprint density at radius 2 is 0.786 bits per heavy atom. The molecule has 0 aromatic carbocycles. The van der Waals surface area contributed by atoms with Gasteiger partial charge in [-0.1, -0.05) is 57.5 Å². The summed E-state index contributed by atoms with van der Waals surface area (Å²) >= 11 is 2.15. The summed E-state index contributed by atoms with van der Waals surface area (Å²) in [4.78, 5) is 167. The number of carbonyl (C=O) groups is 3. The number of likely N-dealkylation sites (tertiary alicyclic amines) is 2. The summed E-state index contributed by atoms with van der Waals surface area (Å²) < 4.78 is 168. The monoisotopic (exact) mass is 2330 g/mol. The van der Waals surface area contributed by atoms with Crippen molar-refractivity contribution in [1.82, 2.24) is 62.9 Å². The summed E-state index contributed by atoms with van der Waals surface area (Å²) in [6.07, 6.45) is -19.4. The first-order valence-electron chi connectivity index (χ1n) is 44.2. The molecule has 0 bridgehead atoms. The highest BCUT2D eigenvalue weighted by molar-refractivity contribution is 14.1. The quantitative estimate of drug-likeness (QED) is 0.00324. The van der Waals surface area contributed by atoms with Crippen molar-refractivity contribution >= 4 is 40.4 Å². The van der Waals surface area contributed by atoms with Crippen molar-refractivity contribution in [1.29, 1.82) is 0 Å². The molecular formula is C85H128F9I2N15O34. The van der Waals surface area contributed by atoms with Crippen molar-refractivity contribution in [2.24, 2.45) is 5.73 Å². The Balaban J connectivity index is 0.000000448. The van der Waals surface area contributed by atoms with Crippen LogP contribution < -0.4 is 91.3 Å². The second kappa shape index (κ2) is 59.5. The van der Waals surface area contributed by atoms with Gasteiger partial charge in [-0.2, -0.15) is 39.5 Å². The number of hydrogen-bond donors (Lipinski definition) is 17. The number of aliphatic hydroxyl groups excluding tert-OH is 10. The second-order valence-corrected chi connectivity index (χ2v) is 34.0. The zero-order valence-electron chi connectivity index (χ0n) is 81.0. The van der Waals surface area contributed by atoms with E-state index in [1.807, 2.05) is 49.8 Å². The van der Waals surface area contributed by atoms with E-state index < -0.39 is 261 Å². The number of halogens is 11. The number of esters is 2. The number of nitrogens with one attached hydrogen (secondary N) is 6. The Hall–Kier alpha value is -8.90. The number of nitrogens with two attached hydrogens (primary N) is 1. The number of nitrogens with zero attached hydrogens (tertiary/aromatic N) is 8. The Kier molecular flexibility index (Phi) is 52.7. The predicted molar refractivity (Wildman–Crippen MR) is 495 cm³/mol. The largest absolute Gasteiger partial charge is 1.00 e. The fraction of sp³-hybridized carbons (Fsp3) is 0.659. The molecule has 1 amide bonds. The molecule has 824 valence electrons. The number of methoxy groups -OCH3 is 5. The van der Waals surface area contributed by atoms with E-state index in [9.17, 15) is 148 Å². The molecule has 7 aliphatic heterocycles. The molecule has 0 spiro atoms. The summed E-state index contributed by atoms with van der Waals surface area (Å²) in [6, 6.07) is 1.16. The fourth-order valence-electron chi connectivity index (χ4n) is 15.4. The summed E-state index contributed by atoms with van der Waals surface area (Å²) in [6.45, 7) is 14.3. The number of allylic oxidation sites excluding steroid dienone is 3. The number of ether oxygens (including phenoxy) is 11. The number of aromatic amines is 5. The smallest absolute Gasteiger partial charge is 0.491 e. The van der Waals surface area contributed by atoms with Crippen molar-refractivity contribution in [2.75, 3.05) is 126 Å². The topological polar surface area (TPSA) is 674 Å². The van der Waals surface area contributed by atoms with Crippen LogP contribution in [0.4, 0.5) is 39.5 Å². The van der Waals surface area contributed by atoms with Gasteiger partial charge in [-0.05, 0) is 72.4 Å². The zero-order valence-corrected chi connectivity index (χ0v) is 85.3. The number of carbonyl (C=O) groups excluding carboxylic acids is 3. The molecule has 0 radical (unpaired) electrons. The van der Waals surface area contributed by atoms with E-state index in [-0.39, 0.29) is 37.5 Å². The average Bonchev–Trinajstić information content (AvgIpc) is 1.63. The third-order valence-corrected chi connectivity index (χ3v) is 22.8. The number of rotatable bonds is 28. The summed E-state index contributed by atoms with van der Waals surface area (Å²) in [5.41, 5.74) is 2.83. The highest BCUT2D eigenvalue weighted by Crippen LogP contribution is 2.36. The minimum Gasteiger partial charge on any atom is -1.00 e. The molecule has 5 unspecified atom stereocenters. The van der Waals surface area contributed by atoms with E-state index in [4.69, 9.17) is 58.2 Å². The van der Waals surface area contributed by atoms with Crippen LogP contribution >= 0.6 is 22.6 Å². The molecule has 12 rings (SSSR count). The molecule has 60 heteroatoms. The maximum absolute atomic E-state index is 13.0. The van der Waals surface area contributed by atoms with Crippen LogP contribution in [0.25, 0.3) is 0 Å². The molecule has 7 saturated heterocycles. The van der Waals surface area contributed by atoms with Gasteiger partial charge in [0, 0.05) is 131 Å². The fourth-order valence-corrected chi connectivity index (χ4v) is 15.4. The van der Waals surface area contributed by atoms with E-state index in [1.165, 1.54) is 85.7 Å². The second-order valence-electron chi connectivity index (χ2n) is 34.0. The molecule has 145 heavy (non-hydrogen) atoms. The molecule has 49 nitrogen and oxygen atoms in total. The van der Waals surface area contributed by atoms with Gasteiger partial charge in [0.1, 0.15) is 98.1 Å². The Morgan fingerprint density at radius 3 is 1.10 bits per heavy atom. The number of hydrogen-bond acceptors (Lipinski definition) is 37. The first-order chi connectivity index (χ1) is 67.6. The van der Waals surface area contributed by atoms with Crippen molar-refractivity contribution in [3.63, 3.8) is 0 Å². The third-order valence-electron chi connectivity index (χ3n) is 22.8. The van der Waals surface area contributed by atoms with Crippen LogP contribution in [0.3, 0.4) is 0 Å². The summed E-state index contributed by atoms with van der Waals surface area (Å²) in [5, 5.41) is 99.7.